The average Bonchev–Trinajstić information content (AvgIpc) is 2.48. The maximum Gasteiger partial charge on any atom is 0.234 e. The fraction of sp³-hybridized carbons (Fsp3) is 0.333. The van der Waals surface area contributed by atoms with Gasteiger partial charge in [-0.1, -0.05) is 6.92 Å². The summed E-state index contributed by atoms with van der Waals surface area (Å²) in [6.07, 6.45) is 4.73. The molecule has 68 valence electrons. The highest BCUT2D eigenvalue weighted by molar-refractivity contribution is 5.46. The molecular formula is C9H12N4. The van der Waals surface area contributed by atoms with Crippen molar-refractivity contribution >= 4 is 11.5 Å². The van der Waals surface area contributed by atoms with Gasteiger partial charge in [0.25, 0.3) is 0 Å². The van der Waals surface area contributed by atoms with Crippen LogP contribution in [0.25, 0.3) is 5.78 Å². The van der Waals surface area contributed by atoms with Gasteiger partial charge in [-0.05, 0) is 13.3 Å². The number of imidazole rings is 1. The summed E-state index contributed by atoms with van der Waals surface area (Å²) in [4.78, 5) is 8.60. The topological polar surface area (TPSA) is 56.2 Å². The highest BCUT2D eigenvalue weighted by atomic mass is 15.1. The van der Waals surface area contributed by atoms with Crippen molar-refractivity contribution in [3.63, 3.8) is 0 Å². The van der Waals surface area contributed by atoms with Crippen molar-refractivity contribution in [1.29, 1.82) is 0 Å². The highest BCUT2D eigenvalue weighted by Crippen LogP contribution is 2.10. The van der Waals surface area contributed by atoms with E-state index < -0.39 is 0 Å². The Morgan fingerprint density at radius 3 is 2.85 bits per heavy atom. The first-order valence-corrected chi connectivity index (χ1v) is 4.31. The molecule has 2 rings (SSSR count). The van der Waals surface area contributed by atoms with Crippen molar-refractivity contribution in [1.82, 2.24) is 14.4 Å². The smallest absolute Gasteiger partial charge is 0.234 e. The van der Waals surface area contributed by atoms with Gasteiger partial charge in [0, 0.05) is 12.4 Å². The number of aryl methyl sites for hydroxylation is 2. The van der Waals surface area contributed by atoms with Gasteiger partial charge in [-0.25, -0.2) is 9.97 Å². The molecule has 13 heavy (non-hydrogen) atoms. The van der Waals surface area contributed by atoms with E-state index in [1.807, 2.05) is 23.7 Å². The number of nitrogens with zero attached hydrogens (tertiary/aromatic N) is 3. The number of hydrogen-bond acceptors (Lipinski definition) is 3. The van der Waals surface area contributed by atoms with Crippen LogP contribution in [0.2, 0.25) is 0 Å². The quantitative estimate of drug-likeness (QED) is 0.709. The summed E-state index contributed by atoms with van der Waals surface area (Å²) >= 11 is 0. The lowest BCUT2D eigenvalue weighted by Gasteiger charge is -1.98. The molecule has 0 saturated heterocycles. The van der Waals surface area contributed by atoms with Crippen LogP contribution in [0, 0.1) is 6.92 Å². The van der Waals surface area contributed by atoms with E-state index in [1.165, 1.54) is 0 Å². The minimum absolute atomic E-state index is 0.701. The van der Waals surface area contributed by atoms with E-state index in [1.54, 1.807) is 0 Å². The van der Waals surface area contributed by atoms with Crippen LogP contribution in [0.3, 0.4) is 0 Å². The van der Waals surface area contributed by atoms with Gasteiger partial charge in [0.15, 0.2) is 0 Å². The van der Waals surface area contributed by atoms with Crippen LogP contribution >= 0.6 is 0 Å². The molecular weight excluding hydrogens is 164 g/mol. The van der Waals surface area contributed by atoms with Crippen molar-refractivity contribution in [3.05, 3.63) is 23.8 Å². The molecule has 4 heteroatoms. The average molecular weight is 176 g/mol. The van der Waals surface area contributed by atoms with Crippen molar-refractivity contribution in [3.8, 4) is 0 Å². The molecule has 2 N–H and O–H groups in total. The minimum Gasteiger partial charge on any atom is -0.396 e. The Morgan fingerprint density at radius 2 is 2.15 bits per heavy atom. The summed E-state index contributed by atoms with van der Waals surface area (Å²) in [6.45, 7) is 3.95. The summed E-state index contributed by atoms with van der Waals surface area (Å²) in [7, 11) is 0. The molecule has 2 aromatic heterocycles. The molecule has 0 aliphatic heterocycles. The van der Waals surface area contributed by atoms with Crippen LogP contribution in [0.5, 0.6) is 0 Å². The van der Waals surface area contributed by atoms with E-state index in [4.69, 9.17) is 5.73 Å². The molecule has 4 nitrogen and oxygen atoms in total. The standard InChI is InChI=1S/C9H12N4/c1-3-7-4-13-5-8(10)6(2)11-9(13)12-7/h4-5H,3,10H2,1-2H3. The van der Waals surface area contributed by atoms with E-state index in [2.05, 4.69) is 16.9 Å². The van der Waals surface area contributed by atoms with Crippen molar-refractivity contribution in [2.45, 2.75) is 20.3 Å². The Balaban J connectivity index is 2.70. The van der Waals surface area contributed by atoms with E-state index >= 15 is 0 Å². The van der Waals surface area contributed by atoms with E-state index in [0.717, 1.165) is 23.6 Å². The largest absolute Gasteiger partial charge is 0.396 e. The summed E-state index contributed by atoms with van der Waals surface area (Å²) in [6, 6.07) is 0. The fourth-order valence-electron chi connectivity index (χ4n) is 1.24. The summed E-state index contributed by atoms with van der Waals surface area (Å²) in [5.41, 5.74) is 8.30. The van der Waals surface area contributed by atoms with Crippen LogP contribution in [0.4, 0.5) is 5.69 Å². The molecule has 0 saturated carbocycles. The first kappa shape index (κ1) is 8.04. The van der Waals surface area contributed by atoms with Gasteiger partial charge in [0.1, 0.15) is 0 Å². The molecule has 2 heterocycles. The molecule has 0 bridgehead atoms. The second-order valence-corrected chi connectivity index (χ2v) is 3.07. The number of hydrogen-bond donors (Lipinski definition) is 1. The zero-order chi connectivity index (χ0) is 9.42. The maximum atomic E-state index is 5.73. The molecule has 0 atom stereocenters. The van der Waals surface area contributed by atoms with Crippen LogP contribution in [-0.4, -0.2) is 14.4 Å². The number of aromatic nitrogens is 3. The minimum atomic E-state index is 0.701. The van der Waals surface area contributed by atoms with Crippen molar-refractivity contribution in [2.75, 3.05) is 5.73 Å². The summed E-state index contributed by atoms with van der Waals surface area (Å²) in [5, 5.41) is 0. The predicted octanol–water partition coefficient (Wildman–Crippen LogP) is 1.18. The Hall–Kier alpha value is -1.58. The normalized spacial score (nSPS) is 10.9. The number of nitrogen functional groups attached to an aromatic ring is 1. The third-order valence-electron chi connectivity index (χ3n) is 2.09. The number of rotatable bonds is 1. The lowest BCUT2D eigenvalue weighted by Crippen LogP contribution is -1.97. The third-order valence-corrected chi connectivity index (χ3v) is 2.09. The van der Waals surface area contributed by atoms with Gasteiger partial charge in [-0.2, -0.15) is 0 Å². The van der Waals surface area contributed by atoms with E-state index in [9.17, 15) is 0 Å². The monoisotopic (exact) mass is 176 g/mol. The number of fused-ring (bicyclic) bond motifs is 1. The molecule has 0 aliphatic carbocycles. The fourth-order valence-corrected chi connectivity index (χ4v) is 1.24. The van der Waals surface area contributed by atoms with Crippen molar-refractivity contribution < 1.29 is 0 Å². The molecule has 0 amide bonds. The summed E-state index contributed by atoms with van der Waals surface area (Å²) < 4.78 is 1.86. The maximum absolute atomic E-state index is 5.73. The molecule has 2 aromatic rings. The molecule has 0 aromatic carbocycles. The Kier molecular flexibility index (Phi) is 1.69. The van der Waals surface area contributed by atoms with Gasteiger partial charge >= 0.3 is 0 Å². The lowest BCUT2D eigenvalue weighted by atomic mass is 10.4. The van der Waals surface area contributed by atoms with Gasteiger partial charge in [0.2, 0.25) is 5.78 Å². The number of nitrogens with two attached hydrogens (primary N) is 1. The Morgan fingerprint density at radius 1 is 1.38 bits per heavy atom. The second-order valence-electron chi connectivity index (χ2n) is 3.07. The molecule has 0 radical (unpaired) electrons. The molecule has 0 spiro atoms. The Bertz CT molecular complexity index is 405. The predicted molar refractivity (Wildman–Crippen MR) is 51.5 cm³/mol. The van der Waals surface area contributed by atoms with Gasteiger partial charge in [-0.3, -0.25) is 4.40 Å². The second kappa shape index (κ2) is 2.73. The summed E-state index contributed by atoms with van der Waals surface area (Å²) in [5.74, 6) is 0.726. The highest BCUT2D eigenvalue weighted by Gasteiger charge is 2.03. The molecule has 0 aliphatic rings. The lowest BCUT2D eigenvalue weighted by molar-refractivity contribution is 1.06. The first-order chi connectivity index (χ1) is 6.20. The zero-order valence-corrected chi connectivity index (χ0v) is 7.78. The van der Waals surface area contributed by atoms with Gasteiger partial charge in [0.05, 0.1) is 17.1 Å². The van der Waals surface area contributed by atoms with Gasteiger partial charge in [-0.15, -0.1) is 0 Å². The van der Waals surface area contributed by atoms with Crippen LogP contribution in [-0.2, 0) is 6.42 Å². The molecule has 0 fully saturated rings. The van der Waals surface area contributed by atoms with Crippen molar-refractivity contribution in [2.24, 2.45) is 0 Å². The Labute approximate surface area is 76.4 Å². The van der Waals surface area contributed by atoms with E-state index in [0.29, 0.717) is 5.69 Å². The van der Waals surface area contributed by atoms with Crippen LogP contribution < -0.4 is 5.73 Å². The SMILES string of the molecule is CCc1cn2cc(N)c(C)nc2n1. The van der Waals surface area contributed by atoms with E-state index in [-0.39, 0.29) is 0 Å². The number of anilines is 1. The zero-order valence-electron chi connectivity index (χ0n) is 7.78. The van der Waals surface area contributed by atoms with Crippen LogP contribution in [0.1, 0.15) is 18.3 Å². The molecule has 0 unspecified atom stereocenters. The first-order valence-electron chi connectivity index (χ1n) is 4.31. The third kappa shape index (κ3) is 1.24. The van der Waals surface area contributed by atoms with Gasteiger partial charge < -0.3 is 5.73 Å². The van der Waals surface area contributed by atoms with Crippen LogP contribution in [0.15, 0.2) is 12.4 Å².